The maximum Gasteiger partial charge on any atom is 0.228 e. The van der Waals surface area contributed by atoms with Crippen LogP contribution in [0.1, 0.15) is 12.8 Å². The summed E-state index contributed by atoms with van der Waals surface area (Å²) in [7, 11) is 0. The van der Waals surface area contributed by atoms with Gasteiger partial charge in [0.1, 0.15) is 5.82 Å². The first kappa shape index (κ1) is 15.4. The molecule has 0 bridgehead atoms. The molecule has 100 valence electrons. The van der Waals surface area contributed by atoms with Gasteiger partial charge in [-0.2, -0.15) is 0 Å². The average Bonchev–Trinajstić information content (AvgIpc) is 2.34. The predicted molar refractivity (Wildman–Crippen MR) is 75.6 cm³/mol. The molecular weight excluding hydrogens is 323 g/mol. The van der Waals surface area contributed by atoms with Crippen molar-refractivity contribution in [2.24, 2.45) is 5.92 Å². The van der Waals surface area contributed by atoms with Crippen LogP contribution in [-0.4, -0.2) is 19.0 Å². The Labute approximate surface area is 120 Å². The summed E-state index contributed by atoms with van der Waals surface area (Å²) in [5.41, 5.74) is 0.240. The second-order valence-electron chi connectivity index (χ2n) is 4.16. The first-order valence-electron chi connectivity index (χ1n) is 5.63. The highest BCUT2D eigenvalue weighted by atomic mass is 79.9. The number of halogens is 3. The van der Waals surface area contributed by atoms with E-state index in [-0.39, 0.29) is 29.9 Å². The van der Waals surface area contributed by atoms with E-state index >= 15 is 0 Å². The molecule has 1 atom stereocenters. The number of hydrogen-bond donors (Lipinski definition) is 2. The zero-order valence-electron chi connectivity index (χ0n) is 9.71. The van der Waals surface area contributed by atoms with Crippen LogP contribution in [0.5, 0.6) is 0 Å². The Morgan fingerprint density at radius 1 is 1.50 bits per heavy atom. The van der Waals surface area contributed by atoms with E-state index in [2.05, 4.69) is 26.6 Å². The van der Waals surface area contributed by atoms with Crippen molar-refractivity contribution in [3.8, 4) is 0 Å². The summed E-state index contributed by atoms with van der Waals surface area (Å²) < 4.78 is 14.2. The Kier molecular flexibility index (Phi) is 6.05. The van der Waals surface area contributed by atoms with Crippen LogP contribution in [0.2, 0.25) is 0 Å². The SMILES string of the molecule is Cl.O=C(Nc1ccc(Br)cc1F)C1CCCNC1. The third-order valence-electron chi connectivity index (χ3n) is 2.86. The van der Waals surface area contributed by atoms with Crippen LogP contribution >= 0.6 is 28.3 Å². The number of amides is 1. The van der Waals surface area contributed by atoms with Gasteiger partial charge >= 0.3 is 0 Å². The number of carbonyl (C=O) groups excluding carboxylic acids is 1. The molecular formula is C12H15BrClFN2O. The molecule has 1 aliphatic rings. The lowest BCUT2D eigenvalue weighted by Crippen LogP contribution is -2.37. The van der Waals surface area contributed by atoms with Gasteiger partial charge in [0.05, 0.1) is 11.6 Å². The Morgan fingerprint density at radius 3 is 2.89 bits per heavy atom. The number of carbonyl (C=O) groups is 1. The Morgan fingerprint density at radius 2 is 2.28 bits per heavy atom. The molecule has 0 aliphatic carbocycles. The predicted octanol–water partition coefficient (Wildman–Crippen LogP) is 2.95. The fourth-order valence-electron chi connectivity index (χ4n) is 1.90. The fourth-order valence-corrected chi connectivity index (χ4v) is 2.23. The molecule has 1 unspecified atom stereocenters. The smallest absolute Gasteiger partial charge is 0.228 e. The molecule has 6 heteroatoms. The van der Waals surface area contributed by atoms with Crippen molar-refractivity contribution in [3.05, 3.63) is 28.5 Å². The quantitative estimate of drug-likeness (QED) is 0.871. The van der Waals surface area contributed by atoms with Gasteiger partial charge in [-0.3, -0.25) is 4.79 Å². The minimum atomic E-state index is -0.420. The molecule has 3 nitrogen and oxygen atoms in total. The van der Waals surface area contributed by atoms with Gasteiger partial charge in [0.25, 0.3) is 0 Å². The monoisotopic (exact) mass is 336 g/mol. The summed E-state index contributed by atoms with van der Waals surface area (Å²) in [6, 6.07) is 4.61. The van der Waals surface area contributed by atoms with Gasteiger partial charge < -0.3 is 10.6 Å². The van der Waals surface area contributed by atoms with Crippen molar-refractivity contribution in [3.63, 3.8) is 0 Å². The lowest BCUT2D eigenvalue weighted by Gasteiger charge is -2.22. The van der Waals surface area contributed by atoms with Crippen molar-refractivity contribution < 1.29 is 9.18 Å². The van der Waals surface area contributed by atoms with Gasteiger partial charge in [-0.05, 0) is 37.6 Å². The maximum absolute atomic E-state index is 13.5. The number of anilines is 1. The number of rotatable bonds is 2. The molecule has 1 fully saturated rings. The Bertz CT molecular complexity index is 425. The average molecular weight is 338 g/mol. The van der Waals surface area contributed by atoms with Crippen molar-refractivity contribution in [1.82, 2.24) is 5.32 Å². The zero-order valence-corrected chi connectivity index (χ0v) is 12.1. The van der Waals surface area contributed by atoms with E-state index < -0.39 is 5.82 Å². The first-order chi connectivity index (χ1) is 8.16. The van der Waals surface area contributed by atoms with Gasteiger partial charge in [-0.15, -0.1) is 12.4 Å². The molecule has 2 N–H and O–H groups in total. The van der Waals surface area contributed by atoms with E-state index in [0.717, 1.165) is 19.4 Å². The summed E-state index contributed by atoms with van der Waals surface area (Å²) in [4.78, 5) is 11.9. The largest absolute Gasteiger partial charge is 0.323 e. The molecule has 1 saturated heterocycles. The normalized spacial score (nSPS) is 18.9. The van der Waals surface area contributed by atoms with Crippen LogP contribution in [0.4, 0.5) is 10.1 Å². The van der Waals surface area contributed by atoms with Gasteiger partial charge in [-0.1, -0.05) is 15.9 Å². The number of piperidine rings is 1. The van der Waals surface area contributed by atoms with E-state index in [1.54, 1.807) is 12.1 Å². The van der Waals surface area contributed by atoms with E-state index in [1.807, 2.05) is 0 Å². The minimum absolute atomic E-state index is 0. The second-order valence-corrected chi connectivity index (χ2v) is 5.07. The molecule has 1 heterocycles. The van der Waals surface area contributed by atoms with Gasteiger partial charge in [0.2, 0.25) is 5.91 Å². The van der Waals surface area contributed by atoms with E-state index in [4.69, 9.17) is 0 Å². The van der Waals surface area contributed by atoms with Crippen LogP contribution < -0.4 is 10.6 Å². The number of nitrogens with one attached hydrogen (secondary N) is 2. The maximum atomic E-state index is 13.5. The van der Waals surface area contributed by atoms with E-state index in [0.29, 0.717) is 11.0 Å². The molecule has 2 rings (SSSR count). The van der Waals surface area contributed by atoms with Crippen LogP contribution in [0, 0.1) is 11.7 Å². The summed E-state index contributed by atoms with van der Waals surface area (Å²) in [6.07, 6.45) is 1.85. The molecule has 1 aromatic carbocycles. The first-order valence-corrected chi connectivity index (χ1v) is 6.43. The second kappa shape index (κ2) is 7.07. The molecule has 1 amide bonds. The Hall–Kier alpha value is -0.650. The molecule has 0 aromatic heterocycles. The highest BCUT2D eigenvalue weighted by Crippen LogP contribution is 2.21. The van der Waals surface area contributed by atoms with Crippen molar-refractivity contribution in [1.29, 1.82) is 0 Å². The van der Waals surface area contributed by atoms with E-state index in [1.165, 1.54) is 6.07 Å². The minimum Gasteiger partial charge on any atom is -0.323 e. The Balaban J connectivity index is 0.00000162. The van der Waals surface area contributed by atoms with Crippen LogP contribution in [0.3, 0.4) is 0 Å². The van der Waals surface area contributed by atoms with Crippen molar-refractivity contribution >= 4 is 39.9 Å². The van der Waals surface area contributed by atoms with Gasteiger partial charge in [0.15, 0.2) is 0 Å². The lowest BCUT2D eigenvalue weighted by molar-refractivity contribution is -0.120. The summed E-state index contributed by atoms with van der Waals surface area (Å²) in [5, 5.41) is 5.80. The number of hydrogen-bond acceptors (Lipinski definition) is 2. The summed E-state index contributed by atoms with van der Waals surface area (Å²) >= 11 is 3.18. The third kappa shape index (κ3) is 3.93. The highest BCUT2D eigenvalue weighted by molar-refractivity contribution is 9.10. The molecule has 0 spiro atoms. The molecule has 0 radical (unpaired) electrons. The molecule has 0 saturated carbocycles. The van der Waals surface area contributed by atoms with Crippen LogP contribution in [0.25, 0.3) is 0 Å². The lowest BCUT2D eigenvalue weighted by atomic mass is 9.99. The molecule has 18 heavy (non-hydrogen) atoms. The topological polar surface area (TPSA) is 41.1 Å². The fraction of sp³-hybridized carbons (Fsp3) is 0.417. The summed E-state index contributed by atoms with van der Waals surface area (Å²) in [5.74, 6) is -0.596. The van der Waals surface area contributed by atoms with E-state index in [9.17, 15) is 9.18 Å². The standard InChI is InChI=1S/C12H14BrFN2O.ClH/c13-9-3-4-11(10(14)6-9)16-12(17)8-2-1-5-15-7-8;/h3-4,6,8,15H,1-2,5,7H2,(H,16,17);1H. The number of benzene rings is 1. The zero-order chi connectivity index (χ0) is 12.3. The molecule has 1 aromatic rings. The van der Waals surface area contributed by atoms with Crippen molar-refractivity contribution in [2.45, 2.75) is 12.8 Å². The van der Waals surface area contributed by atoms with Gasteiger partial charge in [0, 0.05) is 11.0 Å². The highest BCUT2D eigenvalue weighted by Gasteiger charge is 2.21. The third-order valence-corrected chi connectivity index (χ3v) is 3.35. The van der Waals surface area contributed by atoms with Crippen LogP contribution in [-0.2, 0) is 4.79 Å². The molecule has 1 aliphatic heterocycles. The van der Waals surface area contributed by atoms with Crippen LogP contribution in [0.15, 0.2) is 22.7 Å². The van der Waals surface area contributed by atoms with Crippen molar-refractivity contribution in [2.75, 3.05) is 18.4 Å². The van der Waals surface area contributed by atoms with Gasteiger partial charge in [-0.25, -0.2) is 4.39 Å². The summed E-state index contributed by atoms with van der Waals surface area (Å²) in [6.45, 7) is 1.63.